The molecule has 1 aromatic rings. The van der Waals surface area contributed by atoms with E-state index in [0.29, 0.717) is 13.2 Å². The minimum atomic E-state index is -2.07. The summed E-state index contributed by atoms with van der Waals surface area (Å²) in [6.45, 7) is 7.20. The Morgan fingerprint density at radius 2 is 1.72 bits per heavy atom. The van der Waals surface area contributed by atoms with Gasteiger partial charge in [0.25, 0.3) is 0 Å². The number of likely N-dealkylation sites (N-methyl/N-ethyl adjacent to an activating group) is 1. The monoisotopic (exact) mass is 353 g/mol. The number of hydrogen-bond acceptors (Lipinski definition) is 5. The number of carboxylic acids is 2. The summed E-state index contributed by atoms with van der Waals surface area (Å²) in [5.74, 6) is -4.01. The van der Waals surface area contributed by atoms with Gasteiger partial charge in [-0.15, -0.1) is 0 Å². The number of hydrogen-bond donors (Lipinski definition) is 2. The molecule has 0 amide bonds. The molecular formula is C18H27NO6. The first-order valence-electron chi connectivity index (χ1n) is 8.11. The summed E-state index contributed by atoms with van der Waals surface area (Å²) >= 11 is 0. The van der Waals surface area contributed by atoms with Gasteiger partial charge >= 0.3 is 5.97 Å². The number of quaternary nitrogens is 1. The topological polar surface area (TPSA) is 100 Å². The lowest BCUT2D eigenvalue weighted by Crippen LogP contribution is -3.10. The van der Waals surface area contributed by atoms with Gasteiger partial charge in [0, 0.05) is 13.2 Å². The fourth-order valence-corrected chi connectivity index (χ4v) is 1.87. The first-order chi connectivity index (χ1) is 11.9. The summed E-state index contributed by atoms with van der Waals surface area (Å²) in [5, 5.41) is 16.3. The lowest BCUT2D eigenvalue weighted by Gasteiger charge is -2.20. The number of benzene rings is 1. The first kappa shape index (κ1) is 22.8. The molecule has 0 bridgehead atoms. The van der Waals surface area contributed by atoms with Crippen LogP contribution in [0.25, 0.3) is 6.08 Å². The summed E-state index contributed by atoms with van der Waals surface area (Å²) in [4.78, 5) is 19.4. The SMILES string of the molecule is CCOC(C[NH+](C)C/C=C/c1ccccc1)OCC.O=C([O-])C(=O)O. The molecule has 0 radical (unpaired) electrons. The molecule has 1 rings (SSSR count). The van der Waals surface area contributed by atoms with Crippen molar-refractivity contribution in [2.75, 3.05) is 33.4 Å². The molecule has 140 valence electrons. The highest BCUT2D eigenvalue weighted by Gasteiger charge is 2.13. The Kier molecular flexibility index (Phi) is 12.9. The van der Waals surface area contributed by atoms with Crippen molar-refractivity contribution < 1.29 is 34.2 Å². The number of carbonyl (C=O) groups excluding carboxylic acids is 1. The quantitative estimate of drug-likeness (QED) is 0.456. The second-order valence-electron chi connectivity index (χ2n) is 5.11. The predicted molar refractivity (Wildman–Crippen MR) is 91.8 cm³/mol. The highest BCUT2D eigenvalue weighted by atomic mass is 16.7. The second kappa shape index (κ2) is 14.2. The number of ether oxygens (including phenoxy) is 2. The molecule has 0 heterocycles. The molecule has 0 spiro atoms. The Morgan fingerprint density at radius 1 is 1.20 bits per heavy atom. The molecule has 0 aromatic heterocycles. The van der Waals surface area contributed by atoms with E-state index >= 15 is 0 Å². The van der Waals surface area contributed by atoms with E-state index < -0.39 is 11.9 Å². The Labute approximate surface area is 148 Å². The standard InChI is InChI=1S/C16H25NO2.C2H2O4/c1-4-18-16(19-5-2)14-17(3)13-9-12-15-10-7-6-8-11-15;3-1(4)2(5)6/h6-12,16H,4-5,13-14H2,1-3H3;(H,3,4)(H,5,6)/b12-9+;. The van der Waals surface area contributed by atoms with Crippen molar-refractivity contribution in [1.29, 1.82) is 0 Å². The maximum atomic E-state index is 9.04. The molecule has 0 aliphatic rings. The summed E-state index contributed by atoms with van der Waals surface area (Å²) in [5.41, 5.74) is 1.24. The van der Waals surface area contributed by atoms with Gasteiger partial charge in [-0.1, -0.05) is 36.4 Å². The molecule has 0 saturated carbocycles. The number of aliphatic carboxylic acids is 2. The number of carboxylic acid groups (broad SMARTS) is 2. The lowest BCUT2D eigenvalue weighted by molar-refractivity contribution is -0.880. The van der Waals surface area contributed by atoms with Gasteiger partial charge < -0.3 is 29.4 Å². The van der Waals surface area contributed by atoms with E-state index in [1.54, 1.807) is 0 Å². The maximum absolute atomic E-state index is 9.04. The Hall–Kier alpha value is -2.22. The number of carbonyl (C=O) groups is 2. The lowest BCUT2D eigenvalue weighted by atomic mass is 10.2. The van der Waals surface area contributed by atoms with E-state index in [1.807, 2.05) is 19.9 Å². The van der Waals surface area contributed by atoms with Crippen LogP contribution in [0.3, 0.4) is 0 Å². The van der Waals surface area contributed by atoms with E-state index in [9.17, 15) is 0 Å². The maximum Gasteiger partial charge on any atom is 0.351 e. The molecular weight excluding hydrogens is 326 g/mol. The van der Waals surface area contributed by atoms with Crippen molar-refractivity contribution in [1.82, 2.24) is 0 Å². The van der Waals surface area contributed by atoms with Crippen molar-refractivity contribution in [3.05, 3.63) is 42.0 Å². The molecule has 25 heavy (non-hydrogen) atoms. The third-order valence-electron chi connectivity index (χ3n) is 2.97. The van der Waals surface area contributed by atoms with Gasteiger partial charge in [0.15, 0.2) is 5.97 Å². The van der Waals surface area contributed by atoms with Crippen molar-refractivity contribution in [2.24, 2.45) is 0 Å². The van der Waals surface area contributed by atoms with Gasteiger partial charge in [0.1, 0.15) is 6.54 Å². The van der Waals surface area contributed by atoms with Crippen LogP contribution >= 0.6 is 0 Å². The van der Waals surface area contributed by atoms with Gasteiger partial charge in [-0.25, -0.2) is 4.79 Å². The molecule has 7 nitrogen and oxygen atoms in total. The fraction of sp³-hybridized carbons (Fsp3) is 0.444. The zero-order valence-corrected chi connectivity index (χ0v) is 14.9. The summed E-state index contributed by atoms with van der Waals surface area (Å²) in [6, 6.07) is 10.3. The summed E-state index contributed by atoms with van der Waals surface area (Å²) < 4.78 is 11.1. The zero-order valence-electron chi connectivity index (χ0n) is 14.9. The zero-order chi connectivity index (χ0) is 19.1. The van der Waals surface area contributed by atoms with Crippen LogP contribution < -0.4 is 10.0 Å². The highest BCUT2D eigenvalue weighted by Crippen LogP contribution is 1.99. The van der Waals surface area contributed by atoms with Crippen LogP contribution in [0, 0.1) is 0 Å². The number of rotatable bonds is 9. The van der Waals surface area contributed by atoms with Crippen LogP contribution in [0.1, 0.15) is 19.4 Å². The largest absolute Gasteiger partial charge is 0.539 e. The van der Waals surface area contributed by atoms with Crippen LogP contribution in [-0.2, 0) is 19.1 Å². The van der Waals surface area contributed by atoms with Crippen molar-refractivity contribution in [2.45, 2.75) is 20.1 Å². The molecule has 1 aromatic carbocycles. The predicted octanol–water partition coefficient (Wildman–Crippen LogP) is -0.565. The van der Waals surface area contributed by atoms with E-state index in [-0.39, 0.29) is 6.29 Å². The average molecular weight is 353 g/mol. The summed E-state index contributed by atoms with van der Waals surface area (Å²) in [7, 11) is 2.15. The third kappa shape index (κ3) is 12.8. The molecule has 1 unspecified atom stereocenters. The van der Waals surface area contributed by atoms with E-state index in [2.05, 4.69) is 43.5 Å². The third-order valence-corrected chi connectivity index (χ3v) is 2.97. The van der Waals surface area contributed by atoms with Crippen molar-refractivity contribution in [3.63, 3.8) is 0 Å². The van der Waals surface area contributed by atoms with Gasteiger partial charge in [0.2, 0.25) is 6.29 Å². The Morgan fingerprint density at radius 3 is 2.16 bits per heavy atom. The van der Waals surface area contributed by atoms with Gasteiger partial charge in [0.05, 0.1) is 13.6 Å². The van der Waals surface area contributed by atoms with Crippen LogP contribution in [0.4, 0.5) is 0 Å². The fourth-order valence-electron chi connectivity index (χ4n) is 1.87. The van der Waals surface area contributed by atoms with E-state index in [0.717, 1.165) is 13.1 Å². The normalized spacial score (nSPS) is 11.8. The van der Waals surface area contributed by atoms with Crippen LogP contribution in [0.5, 0.6) is 0 Å². The molecule has 0 aliphatic carbocycles. The second-order valence-corrected chi connectivity index (χ2v) is 5.11. The molecule has 1 atom stereocenters. The molecule has 0 fully saturated rings. The molecule has 7 heteroatoms. The van der Waals surface area contributed by atoms with Crippen molar-refractivity contribution >= 4 is 18.0 Å². The molecule has 2 N–H and O–H groups in total. The van der Waals surface area contributed by atoms with Gasteiger partial charge in [-0.3, -0.25) is 0 Å². The van der Waals surface area contributed by atoms with Crippen LogP contribution in [-0.4, -0.2) is 56.7 Å². The van der Waals surface area contributed by atoms with E-state index in [4.69, 9.17) is 29.3 Å². The first-order valence-corrected chi connectivity index (χ1v) is 8.11. The smallest absolute Gasteiger partial charge is 0.351 e. The Bertz CT molecular complexity index is 500. The highest BCUT2D eigenvalue weighted by molar-refractivity contribution is 6.26. The minimum absolute atomic E-state index is 0.0971. The van der Waals surface area contributed by atoms with Gasteiger partial charge in [-0.05, 0) is 25.5 Å². The Balaban J connectivity index is 0.000000823. The van der Waals surface area contributed by atoms with E-state index in [1.165, 1.54) is 10.5 Å². The summed E-state index contributed by atoms with van der Waals surface area (Å²) in [6.07, 6.45) is 4.25. The average Bonchev–Trinajstić information content (AvgIpc) is 2.56. The molecule has 0 aliphatic heterocycles. The minimum Gasteiger partial charge on any atom is -0.539 e. The molecule has 0 saturated heterocycles. The van der Waals surface area contributed by atoms with Gasteiger partial charge in [-0.2, -0.15) is 0 Å². The van der Waals surface area contributed by atoms with Crippen molar-refractivity contribution in [3.8, 4) is 0 Å². The number of nitrogens with one attached hydrogen (secondary N) is 1. The van der Waals surface area contributed by atoms with Crippen LogP contribution in [0.2, 0.25) is 0 Å². The van der Waals surface area contributed by atoms with Crippen LogP contribution in [0.15, 0.2) is 36.4 Å².